The van der Waals surface area contributed by atoms with E-state index < -0.39 is 0 Å². The Morgan fingerprint density at radius 3 is 2.77 bits per heavy atom. The van der Waals surface area contributed by atoms with E-state index in [2.05, 4.69) is 4.98 Å². The minimum Gasteiger partial charge on any atom is -0.398 e. The maximum absolute atomic E-state index is 5.80. The quantitative estimate of drug-likeness (QED) is 0.638. The van der Waals surface area contributed by atoms with Gasteiger partial charge in [-0.05, 0) is 23.1 Å². The van der Waals surface area contributed by atoms with Crippen LogP contribution in [0.25, 0.3) is 10.8 Å². The third-order valence-electron chi connectivity index (χ3n) is 2.16. The molecule has 0 radical (unpaired) electrons. The Morgan fingerprint density at radius 1 is 1.15 bits per heavy atom. The first-order valence-corrected chi connectivity index (χ1v) is 4.14. The van der Waals surface area contributed by atoms with E-state index in [1.165, 1.54) is 0 Å². The van der Waals surface area contributed by atoms with Gasteiger partial charge in [-0.3, -0.25) is 4.98 Å². The van der Waals surface area contributed by atoms with E-state index in [4.69, 9.17) is 11.5 Å². The highest BCUT2D eigenvalue weighted by Crippen LogP contribution is 2.22. The molecule has 66 valence electrons. The molecule has 0 atom stereocenters. The molecule has 4 N–H and O–H groups in total. The van der Waals surface area contributed by atoms with Crippen molar-refractivity contribution < 1.29 is 0 Å². The Balaban J connectivity index is 2.84. The van der Waals surface area contributed by atoms with Crippen molar-refractivity contribution in [2.75, 3.05) is 5.73 Å². The fourth-order valence-electron chi connectivity index (χ4n) is 1.45. The Kier molecular flexibility index (Phi) is 1.87. The molecule has 0 aliphatic rings. The highest BCUT2D eigenvalue weighted by molar-refractivity contribution is 5.94. The van der Waals surface area contributed by atoms with Gasteiger partial charge in [-0.1, -0.05) is 6.07 Å². The molecule has 0 bridgehead atoms. The van der Waals surface area contributed by atoms with E-state index in [0.717, 1.165) is 22.0 Å². The summed E-state index contributed by atoms with van der Waals surface area (Å²) in [7, 11) is 0. The van der Waals surface area contributed by atoms with Crippen LogP contribution in [0, 0.1) is 0 Å². The number of anilines is 1. The van der Waals surface area contributed by atoms with Crippen LogP contribution in [0.2, 0.25) is 0 Å². The average Bonchev–Trinajstić information content (AvgIpc) is 2.19. The van der Waals surface area contributed by atoms with Crippen molar-refractivity contribution in [1.29, 1.82) is 0 Å². The smallest absolute Gasteiger partial charge is 0.0409 e. The van der Waals surface area contributed by atoms with Gasteiger partial charge in [-0.25, -0.2) is 0 Å². The molecule has 3 nitrogen and oxygen atoms in total. The number of nitrogen functional groups attached to an aromatic ring is 1. The molecule has 0 aliphatic carbocycles. The van der Waals surface area contributed by atoms with Crippen LogP contribution in [0.15, 0.2) is 30.6 Å². The summed E-state index contributed by atoms with van der Waals surface area (Å²) in [5.41, 5.74) is 13.3. The van der Waals surface area contributed by atoms with Crippen LogP contribution < -0.4 is 11.5 Å². The second kappa shape index (κ2) is 3.03. The summed E-state index contributed by atoms with van der Waals surface area (Å²) >= 11 is 0. The summed E-state index contributed by atoms with van der Waals surface area (Å²) < 4.78 is 0. The van der Waals surface area contributed by atoms with E-state index in [-0.39, 0.29) is 0 Å². The minimum atomic E-state index is 0.529. The lowest BCUT2D eigenvalue weighted by atomic mass is 10.1. The highest BCUT2D eigenvalue weighted by atomic mass is 14.6. The summed E-state index contributed by atoms with van der Waals surface area (Å²) in [6, 6.07) is 5.76. The predicted octanol–water partition coefficient (Wildman–Crippen LogP) is 1.28. The molecule has 0 unspecified atom stereocenters. The maximum Gasteiger partial charge on any atom is 0.0409 e. The van der Waals surface area contributed by atoms with Gasteiger partial charge in [0.15, 0.2) is 0 Å². The van der Waals surface area contributed by atoms with Gasteiger partial charge in [-0.2, -0.15) is 0 Å². The number of hydrogen-bond donors (Lipinski definition) is 2. The van der Waals surface area contributed by atoms with Crippen molar-refractivity contribution >= 4 is 16.5 Å². The van der Waals surface area contributed by atoms with Crippen LogP contribution in [0.3, 0.4) is 0 Å². The van der Waals surface area contributed by atoms with Crippen LogP contribution >= 0.6 is 0 Å². The number of aromatic nitrogens is 1. The van der Waals surface area contributed by atoms with Gasteiger partial charge in [0, 0.05) is 30.0 Å². The zero-order valence-electron chi connectivity index (χ0n) is 7.20. The lowest BCUT2D eigenvalue weighted by Crippen LogP contribution is -1.98. The Bertz CT molecular complexity index is 437. The second-order valence-electron chi connectivity index (χ2n) is 2.94. The lowest BCUT2D eigenvalue weighted by molar-refractivity contribution is 1.09. The van der Waals surface area contributed by atoms with Crippen molar-refractivity contribution in [1.82, 2.24) is 4.98 Å². The van der Waals surface area contributed by atoms with Crippen molar-refractivity contribution in [2.24, 2.45) is 5.73 Å². The molecule has 0 amide bonds. The molecule has 2 aromatic rings. The topological polar surface area (TPSA) is 64.9 Å². The van der Waals surface area contributed by atoms with Crippen LogP contribution in [-0.2, 0) is 6.54 Å². The highest BCUT2D eigenvalue weighted by Gasteiger charge is 2.01. The molecule has 2 rings (SSSR count). The first-order chi connectivity index (χ1) is 6.33. The molecule has 0 aliphatic heterocycles. The van der Waals surface area contributed by atoms with Crippen molar-refractivity contribution in [3.8, 4) is 0 Å². The van der Waals surface area contributed by atoms with Gasteiger partial charge in [0.2, 0.25) is 0 Å². The van der Waals surface area contributed by atoms with E-state index in [1.807, 2.05) is 18.2 Å². The van der Waals surface area contributed by atoms with Crippen LogP contribution in [0.5, 0.6) is 0 Å². The van der Waals surface area contributed by atoms with Crippen LogP contribution in [-0.4, -0.2) is 4.98 Å². The Labute approximate surface area is 76.4 Å². The Hall–Kier alpha value is -1.61. The molecule has 0 saturated carbocycles. The first-order valence-electron chi connectivity index (χ1n) is 4.14. The van der Waals surface area contributed by atoms with Gasteiger partial charge in [0.1, 0.15) is 0 Å². The van der Waals surface area contributed by atoms with Crippen molar-refractivity contribution in [3.63, 3.8) is 0 Å². The predicted molar refractivity (Wildman–Crippen MR) is 54.0 cm³/mol. The third kappa shape index (κ3) is 1.23. The monoisotopic (exact) mass is 173 g/mol. The average molecular weight is 173 g/mol. The molecular weight excluding hydrogens is 162 g/mol. The van der Waals surface area contributed by atoms with Gasteiger partial charge in [0.05, 0.1) is 0 Å². The second-order valence-corrected chi connectivity index (χ2v) is 2.94. The number of fused-ring (bicyclic) bond motifs is 1. The molecule has 3 heteroatoms. The third-order valence-corrected chi connectivity index (χ3v) is 2.16. The number of hydrogen-bond acceptors (Lipinski definition) is 3. The number of nitrogens with two attached hydrogens (primary N) is 2. The first kappa shape index (κ1) is 8.01. The van der Waals surface area contributed by atoms with E-state index >= 15 is 0 Å². The summed E-state index contributed by atoms with van der Waals surface area (Å²) in [5, 5.41) is 2.07. The summed E-state index contributed by atoms with van der Waals surface area (Å²) in [4.78, 5) is 4.03. The largest absolute Gasteiger partial charge is 0.398 e. The fourth-order valence-corrected chi connectivity index (χ4v) is 1.45. The van der Waals surface area contributed by atoms with Crippen LogP contribution in [0.1, 0.15) is 5.56 Å². The van der Waals surface area contributed by atoms with E-state index in [1.54, 1.807) is 12.4 Å². The summed E-state index contributed by atoms with van der Waals surface area (Å²) in [5.74, 6) is 0. The Morgan fingerprint density at radius 2 is 2.00 bits per heavy atom. The molecule has 1 heterocycles. The zero-order valence-corrected chi connectivity index (χ0v) is 7.20. The molecular formula is C10H11N3. The van der Waals surface area contributed by atoms with E-state index in [0.29, 0.717) is 6.54 Å². The number of pyridine rings is 1. The number of nitrogens with zero attached hydrogens (tertiary/aromatic N) is 1. The van der Waals surface area contributed by atoms with Gasteiger partial charge < -0.3 is 11.5 Å². The summed E-state index contributed by atoms with van der Waals surface area (Å²) in [6.45, 7) is 0.529. The van der Waals surface area contributed by atoms with Gasteiger partial charge in [0.25, 0.3) is 0 Å². The normalized spacial score (nSPS) is 10.5. The summed E-state index contributed by atoms with van der Waals surface area (Å²) in [6.07, 6.45) is 3.52. The van der Waals surface area contributed by atoms with Crippen LogP contribution in [0.4, 0.5) is 5.69 Å². The minimum absolute atomic E-state index is 0.529. The molecule has 0 saturated heterocycles. The van der Waals surface area contributed by atoms with Crippen molar-refractivity contribution in [2.45, 2.75) is 6.54 Å². The number of benzene rings is 1. The SMILES string of the molecule is NCc1ccc(N)c2cnccc12. The molecule has 1 aromatic carbocycles. The maximum atomic E-state index is 5.80. The lowest BCUT2D eigenvalue weighted by Gasteiger charge is -2.05. The van der Waals surface area contributed by atoms with E-state index in [9.17, 15) is 0 Å². The molecule has 13 heavy (non-hydrogen) atoms. The fraction of sp³-hybridized carbons (Fsp3) is 0.100. The van der Waals surface area contributed by atoms with Gasteiger partial charge in [-0.15, -0.1) is 0 Å². The molecule has 1 aromatic heterocycles. The zero-order chi connectivity index (χ0) is 9.26. The van der Waals surface area contributed by atoms with Gasteiger partial charge >= 0.3 is 0 Å². The van der Waals surface area contributed by atoms with Crippen molar-refractivity contribution in [3.05, 3.63) is 36.2 Å². The standard InChI is InChI=1S/C10H11N3/c11-5-7-1-2-10(12)9-6-13-4-3-8(7)9/h1-4,6H,5,11-12H2. The molecule has 0 fully saturated rings. The molecule has 0 spiro atoms. The number of rotatable bonds is 1.